The standard InChI is InChI=1S/C28H22FN5O3S/c1-36-19-9-10-20-23(15-19)30-13-12-24(20)37-25-11-8-18(14-22(25)29)32-26-21(16-31-28(34-26)38-2)27(35)33-17-6-4-3-5-7-17/h3-16H,1-2H3,(H,33,35)(H,31,32,34). The molecule has 0 unspecified atom stereocenters. The Labute approximate surface area is 222 Å². The first kappa shape index (κ1) is 25.0. The summed E-state index contributed by atoms with van der Waals surface area (Å²) in [6.07, 6.45) is 4.86. The van der Waals surface area contributed by atoms with Crippen LogP contribution in [0.3, 0.4) is 0 Å². The van der Waals surface area contributed by atoms with Gasteiger partial charge in [0.15, 0.2) is 16.7 Å². The van der Waals surface area contributed by atoms with E-state index in [-0.39, 0.29) is 17.1 Å². The minimum Gasteiger partial charge on any atom is -0.497 e. The third-order valence-electron chi connectivity index (χ3n) is 5.55. The zero-order chi connectivity index (χ0) is 26.5. The molecule has 3 aromatic carbocycles. The highest BCUT2D eigenvalue weighted by molar-refractivity contribution is 7.98. The molecule has 0 spiro atoms. The number of hydrogen-bond donors (Lipinski definition) is 2. The molecule has 2 heterocycles. The van der Waals surface area contributed by atoms with Crippen LogP contribution in [0.25, 0.3) is 10.9 Å². The summed E-state index contributed by atoms with van der Waals surface area (Å²) in [7, 11) is 1.58. The van der Waals surface area contributed by atoms with Gasteiger partial charge in [-0.2, -0.15) is 0 Å². The van der Waals surface area contributed by atoms with E-state index in [1.807, 2.05) is 30.5 Å². The molecule has 0 aliphatic rings. The maximum atomic E-state index is 15.1. The number of thioether (sulfide) groups is 1. The summed E-state index contributed by atoms with van der Waals surface area (Å²) in [4.78, 5) is 25.9. The molecule has 0 saturated carbocycles. The molecule has 0 saturated heterocycles. The minimum atomic E-state index is -0.595. The van der Waals surface area contributed by atoms with E-state index in [9.17, 15) is 4.79 Å². The van der Waals surface area contributed by atoms with Crippen LogP contribution in [0.4, 0.5) is 21.6 Å². The number of benzene rings is 3. The molecule has 38 heavy (non-hydrogen) atoms. The molecule has 0 aliphatic heterocycles. The average molecular weight is 528 g/mol. The third kappa shape index (κ3) is 5.50. The number of ether oxygens (including phenoxy) is 2. The summed E-state index contributed by atoms with van der Waals surface area (Å²) in [6, 6.07) is 20.5. The molecule has 0 bridgehead atoms. The highest BCUT2D eigenvalue weighted by Crippen LogP contribution is 2.33. The highest BCUT2D eigenvalue weighted by atomic mass is 32.2. The smallest absolute Gasteiger partial charge is 0.261 e. The second-order valence-corrected chi connectivity index (χ2v) is 8.78. The van der Waals surface area contributed by atoms with E-state index in [0.29, 0.717) is 33.5 Å². The summed E-state index contributed by atoms with van der Waals surface area (Å²) < 4.78 is 26.3. The van der Waals surface area contributed by atoms with Crippen LogP contribution in [0.2, 0.25) is 0 Å². The van der Waals surface area contributed by atoms with E-state index in [4.69, 9.17) is 9.47 Å². The van der Waals surface area contributed by atoms with Crippen LogP contribution < -0.4 is 20.1 Å². The van der Waals surface area contributed by atoms with Crippen LogP contribution in [0.5, 0.6) is 17.2 Å². The molecule has 5 aromatic rings. The maximum absolute atomic E-state index is 15.1. The Morgan fingerprint density at radius 1 is 0.947 bits per heavy atom. The number of aromatic nitrogens is 3. The van der Waals surface area contributed by atoms with Gasteiger partial charge in [-0.25, -0.2) is 14.4 Å². The lowest BCUT2D eigenvalue weighted by molar-refractivity contribution is 0.102. The van der Waals surface area contributed by atoms with E-state index >= 15 is 4.39 Å². The maximum Gasteiger partial charge on any atom is 0.261 e. The molecule has 0 radical (unpaired) electrons. The number of amides is 1. The van der Waals surface area contributed by atoms with E-state index in [1.54, 1.807) is 49.7 Å². The average Bonchev–Trinajstić information content (AvgIpc) is 2.94. The van der Waals surface area contributed by atoms with Crippen molar-refractivity contribution in [2.24, 2.45) is 0 Å². The Balaban J connectivity index is 1.39. The van der Waals surface area contributed by atoms with Crippen LogP contribution in [0.15, 0.2) is 90.3 Å². The van der Waals surface area contributed by atoms with Crippen LogP contribution in [-0.4, -0.2) is 34.2 Å². The fraction of sp³-hybridized carbons (Fsp3) is 0.0714. The predicted molar refractivity (Wildman–Crippen MR) is 146 cm³/mol. The molecule has 2 N–H and O–H groups in total. The van der Waals surface area contributed by atoms with Gasteiger partial charge in [0.25, 0.3) is 5.91 Å². The van der Waals surface area contributed by atoms with Crippen molar-refractivity contribution < 1.29 is 18.7 Å². The van der Waals surface area contributed by atoms with Gasteiger partial charge in [0.05, 0.1) is 12.6 Å². The highest BCUT2D eigenvalue weighted by Gasteiger charge is 2.17. The van der Waals surface area contributed by atoms with Crippen molar-refractivity contribution in [2.45, 2.75) is 5.16 Å². The summed E-state index contributed by atoms with van der Waals surface area (Å²) in [5.41, 5.74) is 1.90. The summed E-state index contributed by atoms with van der Waals surface area (Å²) in [5, 5.41) is 7.04. The third-order valence-corrected chi connectivity index (χ3v) is 6.11. The number of fused-ring (bicyclic) bond motifs is 1. The van der Waals surface area contributed by atoms with Gasteiger partial charge < -0.3 is 20.1 Å². The first-order chi connectivity index (χ1) is 18.5. The molecule has 2 aromatic heterocycles. The van der Waals surface area contributed by atoms with Gasteiger partial charge in [-0.15, -0.1) is 0 Å². The number of methoxy groups -OCH3 is 1. The number of carbonyl (C=O) groups excluding carboxylic acids is 1. The number of carbonyl (C=O) groups is 1. The van der Waals surface area contributed by atoms with Crippen molar-refractivity contribution in [2.75, 3.05) is 24.0 Å². The molecule has 190 valence electrons. The molecular weight excluding hydrogens is 505 g/mol. The lowest BCUT2D eigenvalue weighted by Gasteiger charge is -2.14. The largest absolute Gasteiger partial charge is 0.497 e. The number of halogens is 1. The second-order valence-electron chi connectivity index (χ2n) is 8.00. The van der Waals surface area contributed by atoms with Gasteiger partial charge in [0.2, 0.25) is 0 Å². The van der Waals surface area contributed by atoms with E-state index in [0.717, 1.165) is 5.39 Å². The summed E-state index contributed by atoms with van der Waals surface area (Å²) in [6.45, 7) is 0. The zero-order valence-electron chi connectivity index (χ0n) is 20.4. The van der Waals surface area contributed by atoms with Crippen LogP contribution >= 0.6 is 11.8 Å². The number of nitrogens with one attached hydrogen (secondary N) is 2. The predicted octanol–water partition coefficient (Wildman–Crippen LogP) is 6.68. The van der Waals surface area contributed by atoms with Crippen molar-refractivity contribution >= 4 is 45.8 Å². The minimum absolute atomic E-state index is 0.0356. The first-order valence-corrected chi connectivity index (χ1v) is 12.7. The molecule has 1 amide bonds. The van der Waals surface area contributed by atoms with Crippen molar-refractivity contribution in [3.63, 3.8) is 0 Å². The summed E-state index contributed by atoms with van der Waals surface area (Å²) in [5.74, 6) is 0.414. The van der Waals surface area contributed by atoms with Crippen molar-refractivity contribution in [1.29, 1.82) is 0 Å². The Bertz CT molecular complexity index is 1620. The van der Waals surface area contributed by atoms with Crippen molar-refractivity contribution in [3.05, 3.63) is 96.6 Å². The Hall–Kier alpha value is -4.70. The van der Waals surface area contributed by atoms with Crippen LogP contribution in [0, 0.1) is 5.82 Å². The molecule has 10 heteroatoms. The normalized spacial score (nSPS) is 10.7. The number of para-hydroxylation sites is 1. The number of anilines is 3. The molecule has 0 fully saturated rings. The van der Waals surface area contributed by atoms with Crippen molar-refractivity contribution in [3.8, 4) is 17.2 Å². The number of hydrogen-bond acceptors (Lipinski definition) is 8. The number of rotatable bonds is 8. The quantitative estimate of drug-likeness (QED) is 0.170. The second kappa shape index (κ2) is 11.1. The number of nitrogens with zero attached hydrogens (tertiary/aromatic N) is 3. The first-order valence-electron chi connectivity index (χ1n) is 11.5. The molecule has 0 atom stereocenters. The van der Waals surface area contributed by atoms with E-state index < -0.39 is 11.7 Å². The van der Waals surface area contributed by atoms with Gasteiger partial charge in [-0.05, 0) is 48.7 Å². The Morgan fingerprint density at radius 2 is 1.79 bits per heavy atom. The van der Waals surface area contributed by atoms with Crippen LogP contribution in [-0.2, 0) is 0 Å². The molecular formula is C28H22FN5O3S. The Kier molecular flexibility index (Phi) is 7.32. The Morgan fingerprint density at radius 3 is 2.55 bits per heavy atom. The monoisotopic (exact) mass is 527 g/mol. The number of pyridine rings is 1. The fourth-order valence-electron chi connectivity index (χ4n) is 3.68. The molecule has 0 aliphatic carbocycles. The van der Waals surface area contributed by atoms with Crippen molar-refractivity contribution in [1.82, 2.24) is 15.0 Å². The van der Waals surface area contributed by atoms with Gasteiger partial charge in [0, 0.05) is 41.3 Å². The molecule has 8 nitrogen and oxygen atoms in total. The van der Waals surface area contributed by atoms with Crippen LogP contribution in [0.1, 0.15) is 10.4 Å². The van der Waals surface area contributed by atoms with Gasteiger partial charge in [0.1, 0.15) is 22.9 Å². The topological polar surface area (TPSA) is 98.3 Å². The zero-order valence-corrected chi connectivity index (χ0v) is 21.3. The SMILES string of the molecule is COc1ccc2c(Oc3ccc(Nc4nc(SC)ncc4C(=O)Nc4ccccc4)cc3F)ccnc2c1. The van der Waals surface area contributed by atoms with E-state index in [1.165, 1.54) is 30.1 Å². The lowest BCUT2D eigenvalue weighted by atomic mass is 10.2. The van der Waals surface area contributed by atoms with Gasteiger partial charge in [-0.3, -0.25) is 9.78 Å². The molecule has 5 rings (SSSR count). The van der Waals surface area contributed by atoms with Gasteiger partial charge >= 0.3 is 0 Å². The fourth-order valence-corrected chi connectivity index (χ4v) is 4.02. The van der Waals surface area contributed by atoms with E-state index in [2.05, 4.69) is 25.6 Å². The van der Waals surface area contributed by atoms with Gasteiger partial charge in [-0.1, -0.05) is 30.0 Å². The lowest BCUT2D eigenvalue weighted by Crippen LogP contribution is -2.15. The summed E-state index contributed by atoms with van der Waals surface area (Å²) >= 11 is 1.33.